The molecule has 2 atom stereocenters. The molecule has 0 spiro atoms. The lowest BCUT2D eigenvalue weighted by molar-refractivity contribution is 0.173. The van der Waals surface area contributed by atoms with E-state index in [-0.39, 0.29) is 12.5 Å². The van der Waals surface area contributed by atoms with Crippen LogP contribution >= 0.6 is 0 Å². The van der Waals surface area contributed by atoms with Gasteiger partial charge in [0, 0.05) is 11.5 Å². The zero-order chi connectivity index (χ0) is 17.4. The van der Waals surface area contributed by atoms with Crippen molar-refractivity contribution in [1.29, 1.82) is 0 Å². The molecule has 0 unspecified atom stereocenters. The molecule has 0 amide bonds. The van der Waals surface area contributed by atoms with Crippen LogP contribution in [0.15, 0.2) is 30.4 Å². The number of unbranched alkanes of at least 4 members (excludes halogenated alkanes) is 5. The topological polar surface area (TPSA) is 46.2 Å². The molecule has 2 rings (SSSR count). The average molecular weight is 330 g/mol. The minimum absolute atomic E-state index is 0.0213. The van der Waals surface area contributed by atoms with Gasteiger partial charge < -0.3 is 10.8 Å². The summed E-state index contributed by atoms with van der Waals surface area (Å²) in [7, 11) is 0. The van der Waals surface area contributed by atoms with E-state index in [1.165, 1.54) is 61.6 Å². The van der Waals surface area contributed by atoms with Gasteiger partial charge in [-0.15, -0.1) is 0 Å². The van der Waals surface area contributed by atoms with Crippen LogP contribution in [-0.4, -0.2) is 17.3 Å². The maximum atomic E-state index is 9.55. The summed E-state index contributed by atoms with van der Waals surface area (Å²) in [5.74, 6) is 0.202. The van der Waals surface area contributed by atoms with E-state index in [4.69, 9.17) is 5.73 Å². The Balaban J connectivity index is 1.92. The van der Waals surface area contributed by atoms with Crippen LogP contribution in [0, 0.1) is 5.92 Å². The normalized spacial score (nSPS) is 19.6. The highest BCUT2D eigenvalue weighted by Crippen LogP contribution is 2.27. The Morgan fingerprint density at radius 1 is 1.12 bits per heavy atom. The minimum atomic E-state index is -0.546. The predicted molar refractivity (Wildman–Crippen MR) is 103 cm³/mol. The van der Waals surface area contributed by atoms with Gasteiger partial charge in [0.15, 0.2) is 0 Å². The number of aliphatic hydroxyl groups excluding tert-OH is 1. The zero-order valence-electron chi connectivity index (χ0n) is 15.6. The van der Waals surface area contributed by atoms with Gasteiger partial charge in [0.2, 0.25) is 0 Å². The average Bonchev–Trinajstić information content (AvgIpc) is 2.80. The summed E-state index contributed by atoms with van der Waals surface area (Å²) in [6.07, 6.45) is 15.6. The van der Waals surface area contributed by atoms with Crippen molar-refractivity contribution in [2.75, 3.05) is 6.61 Å². The standard InChI is InChI=1S/C22H35NO/c1-3-4-5-6-7-8-10-18-13-14-20-16-21(22(2,23)17-24)12-9-11-19(20)15-18/h9,12-15,21,24H,3-8,10-11,16-17,23H2,1-2H3/t21-,22+/m1/s1. The van der Waals surface area contributed by atoms with Crippen LogP contribution in [0.4, 0.5) is 0 Å². The van der Waals surface area contributed by atoms with E-state index in [2.05, 4.69) is 37.3 Å². The Morgan fingerprint density at radius 2 is 1.88 bits per heavy atom. The van der Waals surface area contributed by atoms with Crippen LogP contribution in [0.25, 0.3) is 0 Å². The number of aliphatic hydroxyl groups is 1. The van der Waals surface area contributed by atoms with Crippen molar-refractivity contribution in [3.05, 3.63) is 47.0 Å². The summed E-state index contributed by atoms with van der Waals surface area (Å²) in [6.45, 7) is 4.23. The van der Waals surface area contributed by atoms with Gasteiger partial charge in [0.05, 0.1) is 6.61 Å². The second kappa shape index (κ2) is 9.39. The molecule has 1 aromatic rings. The molecule has 2 nitrogen and oxygen atoms in total. The molecule has 1 aliphatic rings. The molecule has 0 radical (unpaired) electrons. The first-order valence-corrected chi connectivity index (χ1v) is 9.74. The van der Waals surface area contributed by atoms with Gasteiger partial charge in [-0.05, 0) is 49.3 Å². The van der Waals surface area contributed by atoms with Crippen molar-refractivity contribution in [3.8, 4) is 0 Å². The molecule has 0 heterocycles. The highest BCUT2D eigenvalue weighted by Gasteiger charge is 2.29. The Kier molecular flexibility index (Phi) is 7.51. The van der Waals surface area contributed by atoms with Crippen molar-refractivity contribution in [2.24, 2.45) is 11.7 Å². The van der Waals surface area contributed by atoms with E-state index in [0.29, 0.717) is 0 Å². The SMILES string of the molecule is CCCCCCCCc1ccc2c(c1)CC=C[C@@H]([C@@](C)(N)CO)C2. The summed E-state index contributed by atoms with van der Waals surface area (Å²) in [5, 5.41) is 9.55. The lowest BCUT2D eigenvalue weighted by Crippen LogP contribution is -2.47. The lowest BCUT2D eigenvalue weighted by atomic mass is 9.82. The Labute approximate surface area is 148 Å². The van der Waals surface area contributed by atoms with Gasteiger partial charge in [-0.25, -0.2) is 0 Å². The molecule has 0 saturated heterocycles. The van der Waals surface area contributed by atoms with E-state index >= 15 is 0 Å². The molecule has 3 N–H and O–H groups in total. The molecule has 1 aliphatic carbocycles. The molecular weight excluding hydrogens is 294 g/mol. The van der Waals surface area contributed by atoms with Crippen molar-refractivity contribution in [1.82, 2.24) is 0 Å². The fraction of sp³-hybridized carbons (Fsp3) is 0.636. The second-order valence-corrected chi connectivity index (χ2v) is 7.73. The van der Waals surface area contributed by atoms with E-state index in [9.17, 15) is 5.11 Å². The lowest BCUT2D eigenvalue weighted by Gasteiger charge is -2.30. The first kappa shape index (κ1) is 19.2. The molecule has 0 aromatic heterocycles. The van der Waals surface area contributed by atoms with E-state index in [1.807, 2.05) is 6.92 Å². The molecule has 1 aromatic carbocycles. The summed E-state index contributed by atoms with van der Waals surface area (Å²) in [5.41, 5.74) is 10.0. The predicted octanol–water partition coefficient (Wildman–Crippen LogP) is 4.57. The van der Waals surface area contributed by atoms with Gasteiger partial charge in [0.1, 0.15) is 0 Å². The Hall–Kier alpha value is -1.12. The first-order chi connectivity index (χ1) is 11.6. The van der Waals surface area contributed by atoms with Crippen molar-refractivity contribution in [2.45, 2.75) is 77.2 Å². The van der Waals surface area contributed by atoms with Gasteiger partial charge in [-0.1, -0.05) is 69.4 Å². The summed E-state index contributed by atoms with van der Waals surface area (Å²) >= 11 is 0. The van der Waals surface area contributed by atoms with Gasteiger partial charge in [-0.3, -0.25) is 0 Å². The van der Waals surface area contributed by atoms with Crippen LogP contribution in [0.1, 0.15) is 69.1 Å². The second-order valence-electron chi connectivity index (χ2n) is 7.73. The number of nitrogens with two attached hydrogens (primary N) is 1. The highest BCUT2D eigenvalue weighted by atomic mass is 16.3. The summed E-state index contributed by atoms with van der Waals surface area (Å²) in [4.78, 5) is 0. The third kappa shape index (κ3) is 5.46. The number of fused-ring (bicyclic) bond motifs is 1. The van der Waals surface area contributed by atoms with E-state index in [1.54, 1.807) is 0 Å². The molecule has 0 aliphatic heterocycles. The molecule has 134 valence electrons. The minimum Gasteiger partial charge on any atom is -0.394 e. The molecule has 0 fully saturated rings. The zero-order valence-corrected chi connectivity index (χ0v) is 15.6. The van der Waals surface area contributed by atoms with Gasteiger partial charge >= 0.3 is 0 Å². The van der Waals surface area contributed by atoms with E-state index in [0.717, 1.165) is 12.8 Å². The third-order valence-electron chi connectivity index (χ3n) is 5.42. The van der Waals surface area contributed by atoms with Crippen LogP contribution in [0.2, 0.25) is 0 Å². The maximum Gasteiger partial charge on any atom is 0.0614 e. The van der Waals surface area contributed by atoms with Crippen molar-refractivity contribution < 1.29 is 5.11 Å². The Bertz CT molecular complexity index is 533. The quantitative estimate of drug-likeness (QED) is 0.515. The number of benzene rings is 1. The van der Waals surface area contributed by atoms with E-state index < -0.39 is 5.54 Å². The summed E-state index contributed by atoms with van der Waals surface area (Å²) in [6, 6.07) is 6.97. The number of rotatable bonds is 9. The highest BCUT2D eigenvalue weighted by molar-refractivity contribution is 5.36. The van der Waals surface area contributed by atoms with Crippen LogP contribution in [-0.2, 0) is 19.3 Å². The third-order valence-corrected chi connectivity index (χ3v) is 5.42. The van der Waals surface area contributed by atoms with Crippen molar-refractivity contribution in [3.63, 3.8) is 0 Å². The largest absolute Gasteiger partial charge is 0.394 e. The fourth-order valence-corrected chi connectivity index (χ4v) is 3.57. The number of hydrogen-bond donors (Lipinski definition) is 2. The monoisotopic (exact) mass is 329 g/mol. The molecule has 0 saturated carbocycles. The Morgan fingerprint density at radius 3 is 2.62 bits per heavy atom. The van der Waals surface area contributed by atoms with Crippen LogP contribution in [0.5, 0.6) is 0 Å². The first-order valence-electron chi connectivity index (χ1n) is 9.74. The number of allylic oxidation sites excluding steroid dienone is 1. The van der Waals surface area contributed by atoms with Gasteiger partial charge in [-0.2, -0.15) is 0 Å². The number of aryl methyl sites for hydroxylation is 1. The van der Waals surface area contributed by atoms with Gasteiger partial charge in [0.25, 0.3) is 0 Å². The summed E-state index contributed by atoms with van der Waals surface area (Å²) < 4.78 is 0. The molecular formula is C22H35NO. The smallest absolute Gasteiger partial charge is 0.0614 e. The fourth-order valence-electron chi connectivity index (χ4n) is 3.57. The number of hydrogen-bond acceptors (Lipinski definition) is 2. The molecule has 2 heteroatoms. The maximum absolute atomic E-state index is 9.55. The van der Waals surface area contributed by atoms with Crippen LogP contribution in [0.3, 0.4) is 0 Å². The van der Waals surface area contributed by atoms with Crippen molar-refractivity contribution >= 4 is 0 Å². The molecule has 24 heavy (non-hydrogen) atoms. The van der Waals surface area contributed by atoms with Crippen LogP contribution < -0.4 is 5.73 Å². The molecule has 0 bridgehead atoms.